The van der Waals surface area contributed by atoms with E-state index in [4.69, 9.17) is 0 Å². The highest BCUT2D eigenvalue weighted by molar-refractivity contribution is 6.16. The van der Waals surface area contributed by atoms with Crippen LogP contribution in [-0.2, 0) is 4.79 Å². The molecule has 32 heavy (non-hydrogen) atoms. The van der Waals surface area contributed by atoms with E-state index < -0.39 is 0 Å². The summed E-state index contributed by atoms with van der Waals surface area (Å²) in [5.41, 5.74) is 2.48. The van der Waals surface area contributed by atoms with Gasteiger partial charge in [-0.3, -0.25) is 14.6 Å². The molecule has 8 heteroatoms. The van der Waals surface area contributed by atoms with Crippen LogP contribution in [0.25, 0.3) is 27.4 Å². The van der Waals surface area contributed by atoms with Crippen LogP contribution in [0.4, 0.5) is 5.69 Å². The first-order valence-corrected chi connectivity index (χ1v) is 9.98. The summed E-state index contributed by atoms with van der Waals surface area (Å²) in [4.78, 5) is 33.6. The van der Waals surface area contributed by atoms with Crippen LogP contribution in [0.3, 0.4) is 0 Å². The summed E-state index contributed by atoms with van der Waals surface area (Å²) in [5, 5.41) is 12.4. The molecule has 0 saturated heterocycles. The predicted molar refractivity (Wildman–Crippen MR) is 122 cm³/mol. The van der Waals surface area contributed by atoms with Gasteiger partial charge in [-0.05, 0) is 47.2 Å². The number of hydrogen-bond acceptors (Lipinski definition) is 5. The van der Waals surface area contributed by atoms with Crippen LogP contribution in [0.2, 0.25) is 0 Å². The minimum Gasteiger partial charge on any atom is -0.343 e. The molecule has 5 rings (SSSR count). The summed E-state index contributed by atoms with van der Waals surface area (Å²) in [5.74, 6) is -0.680. The van der Waals surface area contributed by atoms with Crippen molar-refractivity contribution < 1.29 is 9.59 Å². The molecule has 0 aliphatic carbocycles. The fourth-order valence-corrected chi connectivity index (χ4v) is 3.60. The van der Waals surface area contributed by atoms with Crippen LogP contribution < -0.4 is 10.6 Å². The normalized spacial score (nSPS) is 10.9. The summed E-state index contributed by atoms with van der Waals surface area (Å²) < 4.78 is 1.62. The summed E-state index contributed by atoms with van der Waals surface area (Å²) in [6, 6.07) is 20.6. The minimum absolute atomic E-state index is 0.162. The van der Waals surface area contributed by atoms with Gasteiger partial charge in [-0.1, -0.05) is 30.3 Å². The lowest BCUT2D eigenvalue weighted by Gasteiger charge is -2.11. The maximum Gasteiger partial charge on any atom is 0.253 e. The number of rotatable bonds is 5. The molecule has 2 amide bonds. The third-order valence-electron chi connectivity index (χ3n) is 5.10. The topological polar surface area (TPSA) is 102 Å². The molecule has 2 aromatic heterocycles. The van der Waals surface area contributed by atoms with Crippen LogP contribution >= 0.6 is 0 Å². The van der Waals surface area contributed by atoms with Crippen molar-refractivity contribution in [3.63, 3.8) is 0 Å². The summed E-state index contributed by atoms with van der Waals surface area (Å²) >= 11 is 0. The Morgan fingerprint density at radius 1 is 0.938 bits per heavy atom. The van der Waals surface area contributed by atoms with E-state index in [-0.39, 0.29) is 18.4 Å². The first-order chi connectivity index (χ1) is 15.7. The average Bonchev–Trinajstić information content (AvgIpc) is 3.37. The van der Waals surface area contributed by atoms with Crippen molar-refractivity contribution in [1.29, 1.82) is 0 Å². The molecule has 0 fully saturated rings. The monoisotopic (exact) mass is 422 g/mol. The molecule has 0 saturated carbocycles. The van der Waals surface area contributed by atoms with E-state index in [9.17, 15) is 9.59 Å². The van der Waals surface area contributed by atoms with Gasteiger partial charge in [0.05, 0.1) is 23.3 Å². The molecule has 0 radical (unpaired) electrons. The molecule has 0 aliphatic rings. The molecule has 0 unspecified atom stereocenters. The molecule has 156 valence electrons. The maximum atomic E-state index is 12.9. The zero-order valence-corrected chi connectivity index (χ0v) is 16.9. The number of fused-ring (bicyclic) bond motifs is 3. The highest BCUT2D eigenvalue weighted by Gasteiger charge is 2.15. The predicted octanol–water partition coefficient (Wildman–Crippen LogP) is 3.34. The quantitative estimate of drug-likeness (QED) is 0.423. The van der Waals surface area contributed by atoms with Crippen molar-refractivity contribution in [3.05, 3.63) is 91.1 Å². The Kier molecular flexibility index (Phi) is 5.01. The van der Waals surface area contributed by atoms with Gasteiger partial charge in [-0.25, -0.2) is 9.67 Å². The van der Waals surface area contributed by atoms with Gasteiger partial charge < -0.3 is 10.6 Å². The Morgan fingerprint density at radius 3 is 2.56 bits per heavy atom. The summed E-state index contributed by atoms with van der Waals surface area (Å²) in [6.45, 7) is -0.162. The fourth-order valence-electron chi connectivity index (χ4n) is 3.60. The zero-order chi connectivity index (χ0) is 21.9. The molecule has 0 aliphatic heterocycles. The highest BCUT2D eigenvalue weighted by atomic mass is 16.2. The Bertz CT molecular complexity index is 1430. The Hall–Kier alpha value is -4.59. The molecular formula is C24H18N6O2. The molecule has 8 nitrogen and oxygen atoms in total. The number of aromatic nitrogens is 4. The third kappa shape index (κ3) is 3.77. The van der Waals surface area contributed by atoms with Gasteiger partial charge in [0.15, 0.2) is 0 Å². The van der Waals surface area contributed by atoms with Crippen molar-refractivity contribution in [2.75, 3.05) is 11.9 Å². The zero-order valence-electron chi connectivity index (χ0n) is 16.9. The van der Waals surface area contributed by atoms with E-state index in [2.05, 4.69) is 25.7 Å². The van der Waals surface area contributed by atoms with Crippen molar-refractivity contribution in [3.8, 4) is 5.69 Å². The van der Waals surface area contributed by atoms with Crippen molar-refractivity contribution >= 4 is 39.2 Å². The second-order valence-electron chi connectivity index (χ2n) is 7.16. The number of benzene rings is 3. The van der Waals surface area contributed by atoms with Gasteiger partial charge in [0.25, 0.3) is 5.91 Å². The number of amides is 2. The van der Waals surface area contributed by atoms with Crippen LogP contribution in [0.5, 0.6) is 0 Å². The first-order valence-electron chi connectivity index (χ1n) is 9.98. The van der Waals surface area contributed by atoms with Crippen LogP contribution in [0.1, 0.15) is 10.4 Å². The van der Waals surface area contributed by atoms with E-state index in [1.807, 2.05) is 48.5 Å². The second kappa shape index (κ2) is 8.27. The molecular weight excluding hydrogens is 404 g/mol. The standard InChI is InChI=1S/C24H18N6O2/c31-22(29-17-7-9-18(10-8-17)30-15-25-14-28-30)13-27-24(32)21-12-16-4-1-2-5-19(16)20-6-3-11-26-23(20)21/h1-12,14-15H,13H2,(H,27,32)(H,29,31). The third-order valence-corrected chi connectivity index (χ3v) is 5.10. The molecule has 0 atom stereocenters. The summed E-state index contributed by atoms with van der Waals surface area (Å²) in [7, 11) is 0. The van der Waals surface area contributed by atoms with Crippen LogP contribution in [0, 0.1) is 0 Å². The first kappa shape index (κ1) is 19.4. The van der Waals surface area contributed by atoms with Crippen molar-refractivity contribution in [2.24, 2.45) is 0 Å². The number of carbonyl (C=O) groups is 2. The molecule has 5 aromatic rings. The Morgan fingerprint density at radius 2 is 1.75 bits per heavy atom. The minimum atomic E-state index is -0.351. The van der Waals surface area contributed by atoms with Crippen molar-refractivity contribution in [2.45, 2.75) is 0 Å². The van der Waals surface area contributed by atoms with Crippen molar-refractivity contribution in [1.82, 2.24) is 25.1 Å². The van der Waals surface area contributed by atoms with Crippen LogP contribution in [0.15, 0.2) is 85.6 Å². The molecule has 3 aromatic carbocycles. The molecule has 0 spiro atoms. The van der Waals surface area contributed by atoms with Gasteiger partial charge in [0.1, 0.15) is 12.7 Å². The molecule has 2 N–H and O–H groups in total. The molecule has 0 bridgehead atoms. The number of carbonyl (C=O) groups excluding carboxylic acids is 2. The SMILES string of the molecule is O=C(CNC(=O)c1cc2ccccc2c2cccnc12)Nc1ccc(-n2cncn2)cc1. The molecule has 2 heterocycles. The second-order valence-corrected chi connectivity index (χ2v) is 7.16. The van der Waals surface area contributed by atoms with Gasteiger partial charge in [-0.2, -0.15) is 5.10 Å². The average molecular weight is 422 g/mol. The van der Waals surface area contributed by atoms with Gasteiger partial charge in [0, 0.05) is 17.3 Å². The maximum absolute atomic E-state index is 12.9. The van der Waals surface area contributed by atoms with Gasteiger partial charge in [0.2, 0.25) is 5.91 Å². The highest BCUT2D eigenvalue weighted by Crippen LogP contribution is 2.27. The Balaban J connectivity index is 1.29. The van der Waals surface area contributed by atoms with Gasteiger partial charge in [-0.15, -0.1) is 0 Å². The van der Waals surface area contributed by atoms with Gasteiger partial charge >= 0.3 is 0 Å². The fraction of sp³-hybridized carbons (Fsp3) is 0.0417. The van der Waals surface area contributed by atoms with E-state index in [1.165, 1.54) is 6.33 Å². The lowest BCUT2D eigenvalue weighted by Crippen LogP contribution is -2.33. The Labute approximate surface area is 182 Å². The van der Waals surface area contributed by atoms with E-state index >= 15 is 0 Å². The summed E-state index contributed by atoms with van der Waals surface area (Å²) in [6.07, 6.45) is 4.70. The van der Waals surface area contributed by atoms with E-state index in [1.54, 1.807) is 35.4 Å². The lowest BCUT2D eigenvalue weighted by atomic mass is 10.0. The number of hydrogen-bond donors (Lipinski definition) is 2. The largest absolute Gasteiger partial charge is 0.343 e. The lowest BCUT2D eigenvalue weighted by molar-refractivity contribution is -0.115. The number of pyridine rings is 1. The smallest absolute Gasteiger partial charge is 0.253 e. The number of anilines is 1. The van der Waals surface area contributed by atoms with E-state index in [0.717, 1.165) is 21.8 Å². The van der Waals surface area contributed by atoms with Crippen LogP contribution in [-0.4, -0.2) is 38.1 Å². The number of nitrogens with one attached hydrogen (secondary N) is 2. The van der Waals surface area contributed by atoms with E-state index in [0.29, 0.717) is 16.8 Å². The number of nitrogens with zero attached hydrogens (tertiary/aromatic N) is 4.